The molecule has 0 aliphatic heterocycles. The zero-order valence-corrected chi connectivity index (χ0v) is 24.2. The van der Waals surface area contributed by atoms with Crippen molar-refractivity contribution in [2.24, 2.45) is 0 Å². The minimum atomic E-state index is -0.446. The Bertz CT molecular complexity index is 1180. The predicted octanol–water partition coefficient (Wildman–Crippen LogP) is 5.44. The summed E-state index contributed by atoms with van der Waals surface area (Å²) in [5, 5.41) is 8.39. The fourth-order valence-electron chi connectivity index (χ4n) is 4.36. The quantitative estimate of drug-likeness (QED) is 0.176. The first-order chi connectivity index (χ1) is 18.9. The molecular weight excluding hydrogens is 569 g/mol. The molecule has 0 N–H and O–H groups in total. The molecule has 6 aromatic rings. The summed E-state index contributed by atoms with van der Waals surface area (Å²) in [6, 6.07) is 64.7. The van der Waals surface area contributed by atoms with E-state index < -0.39 is 15.8 Å². The smallest absolute Gasteiger partial charge is 0.0626 e. The molecule has 0 nitrogen and oxygen atoms in total. The van der Waals surface area contributed by atoms with Gasteiger partial charge in [-0.05, 0) is 47.7 Å². The van der Waals surface area contributed by atoms with E-state index in [9.17, 15) is 0 Å². The Morgan fingerprint density at radius 1 is 0.225 bits per heavy atom. The number of hydrogen-bond donors (Lipinski definition) is 0. The summed E-state index contributed by atoms with van der Waals surface area (Å²) in [6.07, 6.45) is 0. The summed E-state index contributed by atoms with van der Waals surface area (Å²) in [6.45, 7) is 0. The SMILES string of the molecule is [BH4-].[Cu+].c1ccc(P(c2ccccc2)c2ccccc2)cc1.c1ccc(P(c2ccccc2)c2ccccc2)cc1. The maximum atomic E-state index is 2.23. The van der Waals surface area contributed by atoms with E-state index >= 15 is 0 Å². The maximum Gasteiger partial charge on any atom is 1.00 e. The van der Waals surface area contributed by atoms with Gasteiger partial charge in [-0.15, -0.1) is 0 Å². The van der Waals surface area contributed by atoms with Crippen LogP contribution in [0.5, 0.6) is 0 Å². The van der Waals surface area contributed by atoms with Gasteiger partial charge in [-0.3, -0.25) is 0 Å². The van der Waals surface area contributed by atoms with Crippen molar-refractivity contribution in [1.82, 2.24) is 0 Å². The molecule has 0 heterocycles. The maximum absolute atomic E-state index is 2.23. The van der Waals surface area contributed by atoms with Gasteiger partial charge in [-0.25, -0.2) is 0 Å². The van der Waals surface area contributed by atoms with Crippen molar-refractivity contribution in [3.05, 3.63) is 182 Å². The summed E-state index contributed by atoms with van der Waals surface area (Å²) in [5.74, 6) is 0. The Kier molecular flexibility index (Phi) is 13.1. The van der Waals surface area contributed by atoms with Gasteiger partial charge < -0.3 is 0 Å². The Hall–Kier alpha value is -3.24. The average Bonchev–Trinajstić information content (AvgIpc) is 3.01. The van der Waals surface area contributed by atoms with E-state index in [0.717, 1.165) is 0 Å². The summed E-state index contributed by atoms with van der Waals surface area (Å²) >= 11 is 0. The van der Waals surface area contributed by atoms with Crippen LogP contribution in [0.15, 0.2) is 182 Å². The number of rotatable bonds is 6. The molecule has 0 aromatic heterocycles. The molecule has 202 valence electrons. The number of hydrogen-bond acceptors (Lipinski definition) is 0. The minimum Gasteiger partial charge on any atom is -0.0626 e. The van der Waals surface area contributed by atoms with Gasteiger partial charge in [0.25, 0.3) is 0 Å². The van der Waals surface area contributed by atoms with Crippen LogP contribution in [-0.2, 0) is 17.1 Å². The molecule has 0 amide bonds. The summed E-state index contributed by atoms with van der Waals surface area (Å²) in [5.41, 5.74) is 0. The van der Waals surface area contributed by atoms with Crippen molar-refractivity contribution in [3.63, 3.8) is 0 Å². The summed E-state index contributed by atoms with van der Waals surface area (Å²) in [7, 11) is -0.892. The molecule has 0 bridgehead atoms. The van der Waals surface area contributed by atoms with Crippen molar-refractivity contribution < 1.29 is 17.1 Å². The minimum absolute atomic E-state index is 0. The van der Waals surface area contributed by atoms with Crippen LogP contribution in [-0.4, -0.2) is 8.41 Å². The van der Waals surface area contributed by atoms with Gasteiger partial charge in [0, 0.05) is 0 Å². The third-order valence-electron chi connectivity index (χ3n) is 6.09. The third-order valence-corrected chi connectivity index (χ3v) is 11.0. The standard InChI is InChI=1S/2C18H15P.BH4.Cu/c2*1-4-10-16(11-5-1)19(17-12-6-2-7-13-17)18-14-8-3-9-15-18;;/h2*1-15H;1H4;/q;;-1;+1. The first-order valence-electron chi connectivity index (χ1n) is 12.8. The molecule has 0 spiro atoms. The predicted molar refractivity (Wildman–Crippen MR) is 182 cm³/mol. The Morgan fingerprint density at radius 3 is 0.475 bits per heavy atom. The van der Waals surface area contributed by atoms with Crippen LogP contribution in [0.25, 0.3) is 0 Å². The summed E-state index contributed by atoms with van der Waals surface area (Å²) in [4.78, 5) is 0. The molecule has 0 saturated carbocycles. The molecule has 0 aliphatic carbocycles. The van der Waals surface area contributed by atoms with E-state index in [1.165, 1.54) is 31.8 Å². The van der Waals surface area contributed by atoms with E-state index in [-0.39, 0.29) is 25.5 Å². The summed E-state index contributed by atoms with van der Waals surface area (Å²) < 4.78 is 0. The molecule has 40 heavy (non-hydrogen) atoms. The van der Waals surface area contributed by atoms with Crippen LogP contribution < -0.4 is 31.8 Å². The van der Waals surface area contributed by atoms with Crippen LogP contribution in [0, 0.1) is 0 Å². The fraction of sp³-hybridized carbons (Fsp3) is 0. The zero-order valence-electron chi connectivity index (χ0n) is 21.5. The normalized spacial score (nSPS) is 10.1. The topological polar surface area (TPSA) is 0 Å². The van der Waals surface area contributed by atoms with Crippen LogP contribution >= 0.6 is 15.8 Å². The number of benzene rings is 6. The molecule has 0 aliphatic rings. The molecule has 0 fully saturated rings. The van der Waals surface area contributed by atoms with Gasteiger partial charge in [0.2, 0.25) is 0 Å². The largest absolute Gasteiger partial charge is 1.00 e. The monoisotopic (exact) mass is 602 g/mol. The van der Waals surface area contributed by atoms with Crippen molar-refractivity contribution in [1.29, 1.82) is 0 Å². The fourth-order valence-corrected chi connectivity index (χ4v) is 8.97. The van der Waals surface area contributed by atoms with Crippen LogP contribution in [0.3, 0.4) is 0 Å². The Labute approximate surface area is 254 Å². The molecular formula is C36H34BCuP2. The average molecular weight is 603 g/mol. The van der Waals surface area contributed by atoms with E-state index in [2.05, 4.69) is 182 Å². The van der Waals surface area contributed by atoms with Gasteiger partial charge in [0.15, 0.2) is 0 Å². The molecule has 0 atom stereocenters. The Morgan fingerprint density at radius 2 is 0.350 bits per heavy atom. The van der Waals surface area contributed by atoms with Crippen molar-refractivity contribution in [2.75, 3.05) is 0 Å². The second-order valence-corrected chi connectivity index (χ2v) is 13.1. The van der Waals surface area contributed by atoms with Crippen molar-refractivity contribution in [2.45, 2.75) is 0 Å². The van der Waals surface area contributed by atoms with E-state index in [0.29, 0.717) is 0 Å². The van der Waals surface area contributed by atoms with Gasteiger partial charge >= 0.3 is 17.1 Å². The molecule has 6 aromatic carbocycles. The zero-order chi connectivity index (χ0) is 25.8. The molecule has 0 unspecified atom stereocenters. The second-order valence-electron chi connectivity index (χ2n) is 8.68. The molecule has 6 rings (SSSR count). The van der Waals surface area contributed by atoms with Crippen molar-refractivity contribution >= 4 is 56.1 Å². The van der Waals surface area contributed by atoms with E-state index in [1.807, 2.05) is 0 Å². The van der Waals surface area contributed by atoms with Gasteiger partial charge in [-0.2, -0.15) is 0 Å². The second kappa shape index (κ2) is 16.8. The van der Waals surface area contributed by atoms with Crippen LogP contribution in [0.4, 0.5) is 0 Å². The molecule has 0 saturated heterocycles. The van der Waals surface area contributed by atoms with E-state index in [4.69, 9.17) is 0 Å². The van der Waals surface area contributed by atoms with Crippen LogP contribution in [0.1, 0.15) is 0 Å². The van der Waals surface area contributed by atoms with E-state index in [1.54, 1.807) is 0 Å². The van der Waals surface area contributed by atoms with Crippen molar-refractivity contribution in [3.8, 4) is 0 Å². The first-order valence-corrected chi connectivity index (χ1v) is 15.5. The first kappa shape index (κ1) is 31.3. The molecule has 0 radical (unpaired) electrons. The Balaban J connectivity index is 0.000000210. The van der Waals surface area contributed by atoms with Crippen LogP contribution in [0.2, 0.25) is 0 Å². The van der Waals surface area contributed by atoms with Gasteiger partial charge in [-0.1, -0.05) is 190 Å². The third kappa shape index (κ3) is 8.38. The van der Waals surface area contributed by atoms with Gasteiger partial charge in [0.05, 0.1) is 0 Å². The van der Waals surface area contributed by atoms with Gasteiger partial charge in [0.1, 0.15) is 0 Å². The molecule has 4 heteroatoms.